The second-order valence-corrected chi connectivity index (χ2v) is 7.62. The molecule has 1 saturated heterocycles. The third kappa shape index (κ3) is 3.35. The Morgan fingerprint density at radius 1 is 1.18 bits per heavy atom. The van der Waals surface area contributed by atoms with E-state index in [2.05, 4.69) is 6.92 Å². The van der Waals surface area contributed by atoms with E-state index in [0.29, 0.717) is 47.8 Å². The maximum absolute atomic E-state index is 13.1. The number of rotatable bonds is 3. The van der Waals surface area contributed by atoms with E-state index in [-0.39, 0.29) is 17.3 Å². The van der Waals surface area contributed by atoms with E-state index >= 15 is 0 Å². The summed E-state index contributed by atoms with van der Waals surface area (Å²) in [6.07, 6.45) is 3.58. The van der Waals surface area contributed by atoms with Crippen LogP contribution in [-0.2, 0) is 6.54 Å². The SMILES string of the molecule is Cc1oc2ccn(Cc3ccc(F)cc3)c(=O)c2c1C(=O)N1CCC(C)CC1. The van der Waals surface area contributed by atoms with Crippen molar-refractivity contribution >= 4 is 16.9 Å². The molecule has 28 heavy (non-hydrogen) atoms. The van der Waals surface area contributed by atoms with E-state index in [1.165, 1.54) is 16.7 Å². The molecule has 2 aromatic heterocycles. The number of likely N-dealkylation sites (tertiary alicyclic amines) is 1. The van der Waals surface area contributed by atoms with Crippen LogP contribution in [0.3, 0.4) is 0 Å². The summed E-state index contributed by atoms with van der Waals surface area (Å²) in [4.78, 5) is 28.1. The summed E-state index contributed by atoms with van der Waals surface area (Å²) in [5.41, 5.74) is 1.32. The first kappa shape index (κ1) is 18.5. The van der Waals surface area contributed by atoms with E-state index in [1.54, 1.807) is 31.3 Å². The Kier molecular flexibility index (Phi) is 4.79. The smallest absolute Gasteiger partial charge is 0.262 e. The molecule has 0 saturated carbocycles. The molecule has 3 heterocycles. The van der Waals surface area contributed by atoms with Gasteiger partial charge in [-0.15, -0.1) is 0 Å². The normalized spacial score (nSPS) is 15.3. The average Bonchev–Trinajstić information content (AvgIpc) is 3.02. The van der Waals surface area contributed by atoms with Gasteiger partial charge in [0.15, 0.2) is 0 Å². The highest BCUT2D eigenvalue weighted by atomic mass is 19.1. The Balaban J connectivity index is 1.73. The van der Waals surface area contributed by atoms with Crippen LogP contribution in [0.1, 0.15) is 41.4 Å². The lowest BCUT2D eigenvalue weighted by Crippen LogP contribution is -2.38. The van der Waals surface area contributed by atoms with Crippen molar-refractivity contribution in [3.8, 4) is 0 Å². The predicted molar refractivity (Wildman–Crippen MR) is 105 cm³/mol. The van der Waals surface area contributed by atoms with E-state index in [4.69, 9.17) is 4.42 Å². The van der Waals surface area contributed by atoms with E-state index in [0.717, 1.165) is 18.4 Å². The zero-order chi connectivity index (χ0) is 19.8. The molecule has 0 N–H and O–H groups in total. The van der Waals surface area contributed by atoms with Crippen molar-refractivity contribution in [2.75, 3.05) is 13.1 Å². The number of halogens is 1. The Bertz CT molecular complexity index is 1070. The maximum atomic E-state index is 13.1. The van der Waals surface area contributed by atoms with Crippen molar-refractivity contribution in [2.24, 2.45) is 5.92 Å². The molecule has 5 nitrogen and oxygen atoms in total. The lowest BCUT2D eigenvalue weighted by Gasteiger charge is -2.30. The van der Waals surface area contributed by atoms with E-state index < -0.39 is 0 Å². The molecule has 1 amide bonds. The minimum absolute atomic E-state index is 0.139. The van der Waals surface area contributed by atoms with Gasteiger partial charge in [-0.05, 0) is 49.4 Å². The molecule has 1 aliphatic rings. The van der Waals surface area contributed by atoms with Crippen LogP contribution in [0.15, 0.2) is 45.7 Å². The van der Waals surface area contributed by atoms with Crippen LogP contribution in [0.2, 0.25) is 0 Å². The van der Waals surface area contributed by atoms with Crippen LogP contribution in [0.5, 0.6) is 0 Å². The lowest BCUT2D eigenvalue weighted by atomic mass is 9.98. The van der Waals surface area contributed by atoms with Crippen LogP contribution in [0.25, 0.3) is 11.0 Å². The van der Waals surface area contributed by atoms with Gasteiger partial charge in [-0.2, -0.15) is 0 Å². The van der Waals surface area contributed by atoms with Crippen molar-refractivity contribution in [1.29, 1.82) is 0 Å². The number of nitrogens with zero attached hydrogens (tertiary/aromatic N) is 2. The van der Waals surface area contributed by atoms with Gasteiger partial charge in [0.25, 0.3) is 11.5 Å². The highest BCUT2D eigenvalue weighted by molar-refractivity contribution is 6.06. The summed E-state index contributed by atoms with van der Waals surface area (Å²) in [6, 6.07) is 7.74. The maximum Gasteiger partial charge on any atom is 0.262 e. The molecular formula is C22H23FN2O3. The van der Waals surface area contributed by atoms with Crippen LogP contribution >= 0.6 is 0 Å². The topological polar surface area (TPSA) is 55.5 Å². The fraction of sp³-hybridized carbons (Fsp3) is 0.364. The summed E-state index contributed by atoms with van der Waals surface area (Å²) in [7, 11) is 0. The second kappa shape index (κ2) is 7.26. The number of hydrogen-bond acceptors (Lipinski definition) is 3. The number of pyridine rings is 1. The third-order valence-electron chi connectivity index (χ3n) is 5.54. The quantitative estimate of drug-likeness (QED) is 0.689. The Labute approximate surface area is 162 Å². The number of carbonyl (C=O) groups is 1. The molecular weight excluding hydrogens is 359 g/mol. The van der Waals surface area contributed by atoms with Crippen LogP contribution < -0.4 is 5.56 Å². The number of carbonyl (C=O) groups excluding carboxylic acids is 1. The first-order valence-corrected chi connectivity index (χ1v) is 9.60. The van der Waals surface area contributed by atoms with Gasteiger partial charge in [-0.3, -0.25) is 9.59 Å². The summed E-state index contributed by atoms with van der Waals surface area (Å²) in [6.45, 7) is 5.61. The van der Waals surface area contributed by atoms with Gasteiger partial charge in [0.1, 0.15) is 17.2 Å². The molecule has 1 aliphatic heterocycles. The zero-order valence-electron chi connectivity index (χ0n) is 16.1. The lowest BCUT2D eigenvalue weighted by molar-refractivity contribution is 0.0697. The fourth-order valence-electron chi connectivity index (χ4n) is 3.80. The highest BCUT2D eigenvalue weighted by Gasteiger charge is 2.28. The van der Waals surface area contributed by atoms with Crippen LogP contribution in [0.4, 0.5) is 4.39 Å². The van der Waals surface area contributed by atoms with Crippen molar-refractivity contribution < 1.29 is 13.6 Å². The molecule has 4 rings (SSSR count). The fourth-order valence-corrected chi connectivity index (χ4v) is 3.80. The monoisotopic (exact) mass is 382 g/mol. The first-order valence-electron chi connectivity index (χ1n) is 9.60. The van der Waals surface area contributed by atoms with Crippen molar-refractivity contribution in [1.82, 2.24) is 9.47 Å². The number of fused-ring (bicyclic) bond motifs is 1. The molecule has 0 spiro atoms. The Morgan fingerprint density at radius 3 is 2.54 bits per heavy atom. The summed E-state index contributed by atoms with van der Waals surface area (Å²) >= 11 is 0. The zero-order valence-corrected chi connectivity index (χ0v) is 16.1. The summed E-state index contributed by atoms with van der Waals surface area (Å²) in [5.74, 6) is 0.620. The van der Waals surface area contributed by atoms with Gasteiger partial charge in [0, 0.05) is 19.3 Å². The van der Waals surface area contributed by atoms with Gasteiger partial charge in [-0.25, -0.2) is 4.39 Å². The molecule has 146 valence electrons. The van der Waals surface area contributed by atoms with E-state index in [9.17, 15) is 14.0 Å². The number of furan rings is 1. The van der Waals surface area contributed by atoms with Gasteiger partial charge in [-0.1, -0.05) is 19.1 Å². The number of aromatic nitrogens is 1. The standard InChI is InChI=1S/C22H23FN2O3/c1-14-7-10-24(11-8-14)21(26)19-15(2)28-18-9-12-25(22(27)20(18)19)13-16-3-5-17(23)6-4-16/h3-6,9,12,14H,7-8,10-11,13H2,1-2H3. The van der Waals surface area contributed by atoms with Gasteiger partial charge in [0.2, 0.25) is 0 Å². The first-order chi connectivity index (χ1) is 13.4. The van der Waals surface area contributed by atoms with Crippen LogP contribution in [-0.4, -0.2) is 28.5 Å². The molecule has 0 bridgehead atoms. The number of piperidine rings is 1. The summed E-state index contributed by atoms with van der Waals surface area (Å²) < 4.78 is 20.4. The third-order valence-corrected chi connectivity index (χ3v) is 5.54. The predicted octanol–water partition coefficient (Wildman–Crippen LogP) is 3.96. The van der Waals surface area contributed by atoms with Crippen molar-refractivity contribution in [2.45, 2.75) is 33.2 Å². The Morgan fingerprint density at radius 2 is 1.86 bits per heavy atom. The number of amides is 1. The minimum atomic E-state index is -0.319. The van der Waals surface area contributed by atoms with Gasteiger partial charge < -0.3 is 13.9 Å². The molecule has 6 heteroatoms. The minimum Gasteiger partial charge on any atom is -0.460 e. The largest absolute Gasteiger partial charge is 0.460 e. The molecule has 1 aromatic carbocycles. The molecule has 1 fully saturated rings. The number of hydrogen-bond donors (Lipinski definition) is 0. The number of benzene rings is 1. The van der Waals surface area contributed by atoms with Gasteiger partial charge in [0.05, 0.1) is 17.5 Å². The molecule has 0 aliphatic carbocycles. The van der Waals surface area contributed by atoms with E-state index in [1.807, 2.05) is 4.90 Å². The van der Waals surface area contributed by atoms with Crippen molar-refractivity contribution in [3.05, 3.63) is 69.6 Å². The summed E-state index contributed by atoms with van der Waals surface area (Å²) in [5, 5.41) is 0.325. The Hall–Kier alpha value is -2.89. The van der Waals surface area contributed by atoms with Gasteiger partial charge >= 0.3 is 0 Å². The van der Waals surface area contributed by atoms with Crippen molar-refractivity contribution in [3.63, 3.8) is 0 Å². The molecule has 0 atom stereocenters. The molecule has 3 aromatic rings. The molecule has 0 radical (unpaired) electrons. The number of aryl methyl sites for hydroxylation is 1. The average molecular weight is 382 g/mol. The highest BCUT2D eigenvalue weighted by Crippen LogP contribution is 2.26. The van der Waals surface area contributed by atoms with Crippen LogP contribution in [0, 0.1) is 18.7 Å². The molecule has 0 unspecified atom stereocenters. The second-order valence-electron chi connectivity index (χ2n) is 7.62.